The fraction of sp³-hybridized carbons (Fsp3) is 0.192. The average molecular weight is 480 g/mol. The Labute approximate surface area is 203 Å². The highest BCUT2D eigenvalue weighted by Gasteiger charge is 2.08. The number of nitrogens with one attached hydrogen (secondary N) is 2. The molecule has 3 aromatic rings. The van der Waals surface area contributed by atoms with Crippen molar-refractivity contribution in [2.24, 2.45) is 5.10 Å². The van der Waals surface area contributed by atoms with Gasteiger partial charge in [-0.3, -0.25) is 9.59 Å². The molecule has 0 saturated heterocycles. The molecule has 0 spiro atoms. The van der Waals surface area contributed by atoms with Crippen LogP contribution < -0.4 is 15.5 Å². The highest BCUT2D eigenvalue weighted by Crippen LogP contribution is 2.23. The Kier molecular flexibility index (Phi) is 8.27. The van der Waals surface area contributed by atoms with Gasteiger partial charge in [-0.05, 0) is 78.1 Å². The first-order valence-corrected chi connectivity index (χ1v) is 11.1. The molecule has 0 heterocycles. The summed E-state index contributed by atoms with van der Waals surface area (Å²) in [6.07, 6.45) is 1.51. The first kappa shape index (κ1) is 24.8. The van der Waals surface area contributed by atoms with Gasteiger partial charge < -0.3 is 15.2 Å². The number of benzene rings is 3. The van der Waals surface area contributed by atoms with Crippen molar-refractivity contribution >= 4 is 35.3 Å². The van der Waals surface area contributed by atoms with Crippen LogP contribution >= 0.6 is 11.6 Å². The first-order chi connectivity index (χ1) is 16.2. The van der Waals surface area contributed by atoms with E-state index >= 15 is 0 Å². The maximum absolute atomic E-state index is 12.2. The SMILES string of the molecule is Cc1cc(OCC(=O)Nc2ccc(C(C)C)cc2)ccc1/C=N/NC(=O)c1ccc(O)c(Cl)c1. The number of phenolic OH excluding ortho intramolecular Hbond substituents is 1. The lowest BCUT2D eigenvalue weighted by atomic mass is 10.0. The van der Waals surface area contributed by atoms with E-state index in [1.54, 1.807) is 18.2 Å². The number of phenols is 1. The van der Waals surface area contributed by atoms with Crippen LogP contribution in [0.5, 0.6) is 11.5 Å². The molecule has 0 aliphatic rings. The van der Waals surface area contributed by atoms with Crippen molar-refractivity contribution in [2.45, 2.75) is 26.7 Å². The molecule has 0 atom stereocenters. The molecule has 0 radical (unpaired) electrons. The number of amides is 2. The molecular formula is C26H26ClN3O4. The van der Waals surface area contributed by atoms with Gasteiger partial charge in [-0.2, -0.15) is 5.10 Å². The number of hydrogen-bond acceptors (Lipinski definition) is 5. The van der Waals surface area contributed by atoms with Crippen LogP contribution in [0.1, 0.15) is 46.8 Å². The standard InChI is InChI=1S/C26H26ClN3O4/c1-16(2)18-4-8-21(9-5-18)29-25(32)15-34-22-10-6-20(17(3)12-22)14-28-30-26(33)19-7-11-24(31)23(27)13-19/h4-14,16,31H,15H2,1-3H3,(H,29,32)(H,30,33)/b28-14+. The summed E-state index contributed by atoms with van der Waals surface area (Å²) in [5.41, 5.74) is 6.24. The number of halogens is 1. The number of hydrazone groups is 1. The lowest BCUT2D eigenvalue weighted by molar-refractivity contribution is -0.118. The van der Waals surface area contributed by atoms with Crippen molar-refractivity contribution in [3.8, 4) is 11.5 Å². The lowest BCUT2D eigenvalue weighted by Gasteiger charge is -2.10. The zero-order valence-electron chi connectivity index (χ0n) is 19.1. The van der Waals surface area contributed by atoms with Crippen LogP contribution in [0, 0.1) is 6.92 Å². The van der Waals surface area contributed by atoms with E-state index in [2.05, 4.69) is 29.7 Å². The summed E-state index contributed by atoms with van der Waals surface area (Å²) < 4.78 is 5.60. The second-order valence-electron chi connectivity index (χ2n) is 8.00. The smallest absolute Gasteiger partial charge is 0.271 e. The first-order valence-electron chi connectivity index (χ1n) is 10.7. The predicted octanol–water partition coefficient (Wildman–Crippen LogP) is 5.26. The Hall–Kier alpha value is -3.84. The van der Waals surface area contributed by atoms with Gasteiger partial charge in [0.15, 0.2) is 6.61 Å². The molecular weight excluding hydrogens is 454 g/mol. The van der Waals surface area contributed by atoms with Crippen LogP contribution in [0.3, 0.4) is 0 Å². The van der Waals surface area contributed by atoms with Crippen molar-refractivity contribution in [1.29, 1.82) is 0 Å². The fourth-order valence-corrected chi connectivity index (χ4v) is 3.23. The molecule has 0 bridgehead atoms. The molecule has 3 N–H and O–H groups in total. The molecule has 3 rings (SSSR count). The van der Waals surface area contributed by atoms with E-state index in [-0.39, 0.29) is 28.8 Å². The number of hydrogen-bond donors (Lipinski definition) is 3. The molecule has 0 unspecified atom stereocenters. The number of nitrogens with zero attached hydrogens (tertiary/aromatic N) is 1. The molecule has 0 aliphatic heterocycles. The maximum Gasteiger partial charge on any atom is 0.271 e. The van der Waals surface area contributed by atoms with E-state index in [9.17, 15) is 14.7 Å². The summed E-state index contributed by atoms with van der Waals surface area (Å²) in [6.45, 7) is 5.98. The summed E-state index contributed by atoms with van der Waals surface area (Å²) in [4.78, 5) is 24.3. The molecule has 7 nitrogen and oxygen atoms in total. The lowest BCUT2D eigenvalue weighted by Crippen LogP contribution is -2.20. The number of ether oxygens (including phenoxy) is 1. The van der Waals surface area contributed by atoms with Crippen LogP contribution in [0.15, 0.2) is 65.8 Å². The Balaban J connectivity index is 1.51. The van der Waals surface area contributed by atoms with Crippen LogP contribution in [0.25, 0.3) is 0 Å². The molecule has 2 amide bonds. The van der Waals surface area contributed by atoms with E-state index in [4.69, 9.17) is 16.3 Å². The Bertz CT molecular complexity index is 1210. The average Bonchev–Trinajstić information content (AvgIpc) is 2.81. The topological polar surface area (TPSA) is 100 Å². The zero-order valence-corrected chi connectivity index (χ0v) is 19.9. The van der Waals surface area contributed by atoms with E-state index < -0.39 is 5.91 Å². The maximum atomic E-state index is 12.2. The Morgan fingerprint density at radius 2 is 1.82 bits per heavy atom. The molecule has 8 heteroatoms. The number of anilines is 1. The molecule has 176 valence electrons. The molecule has 34 heavy (non-hydrogen) atoms. The van der Waals surface area contributed by atoms with Crippen molar-refractivity contribution in [2.75, 3.05) is 11.9 Å². The van der Waals surface area contributed by atoms with Crippen molar-refractivity contribution < 1.29 is 19.4 Å². The minimum atomic E-state index is -0.458. The minimum absolute atomic E-state index is 0.0841. The second-order valence-corrected chi connectivity index (χ2v) is 8.40. The quantitative estimate of drug-likeness (QED) is 0.303. The predicted molar refractivity (Wildman–Crippen MR) is 134 cm³/mol. The van der Waals surface area contributed by atoms with Crippen LogP contribution in [-0.2, 0) is 4.79 Å². The van der Waals surface area contributed by atoms with Gasteiger partial charge in [0.2, 0.25) is 0 Å². The van der Waals surface area contributed by atoms with Crippen LogP contribution in [0.2, 0.25) is 5.02 Å². The van der Waals surface area contributed by atoms with Crippen molar-refractivity contribution in [3.05, 3.63) is 87.9 Å². The van der Waals surface area contributed by atoms with Gasteiger partial charge in [0.05, 0.1) is 11.2 Å². The third-order valence-corrected chi connectivity index (χ3v) is 5.35. The minimum Gasteiger partial charge on any atom is -0.506 e. The normalized spacial score (nSPS) is 11.0. The molecule has 0 aliphatic carbocycles. The van der Waals surface area contributed by atoms with Crippen LogP contribution in [-0.4, -0.2) is 29.7 Å². The molecule has 0 saturated carbocycles. The van der Waals surface area contributed by atoms with E-state index in [1.807, 2.05) is 31.2 Å². The van der Waals surface area contributed by atoms with Crippen molar-refractivity contribution in [3.63, 3.8) is 0 Å². The van der Waals surface area contributed by atoms with E-state index in [0.29, 0.717) is 11.7 Å². The van der Waals surface area contributed by atoms with Gasteiger partial charge in [0, 0.05) is 11.3 Å². The summed E-state index contributed by atoms with van der Waals surface area (Å²) in [6, 6.07) is 17.2. The van der Waals surface area contributed by atoms with Gasteiger partial charge in [0.1, 0.15) is 11.5 Å². The third-order valence-electron chi connectivity index (χ3n) is 5.05. The fourth-order valence-electron chi connectivity index (χ4n) is 3.05. The Morgan fingerprint density at radius 1 is 1.09 bits per heavy atom. The number of carbonyl (C=O) groups excluding carboxylic acids is 2. The number of aryl methyl sites for hydroxylation is 1. The van der Waals surface area contributed by atoms with E-state index in [0.717, 1.165) is 16.8 Å². The largest absolute Gasteiger partial charge is 0.506 e. The summed E-state index contributed by atoms with van der Waals surface area (Å²) in [5, 5.41) is 16.3. The summed E-state index contributed by atoms with van der Waals surface area (Å²) in [7, 11) is 0. The molecule has 0 fully saturated rings. The highest BCUT2D eigenvalue weighted by molar-refractivity contribution is 6.32. The summed E-state index contributed by atoms with van der Waals surface area (Å²) >= 11 is 5.82. The third kappa shape index (κ3) is 6.83. The number of aromatic hydroxyl groups is 1. The van der Waals surface area contributed by atoms with Gasteiger partial charge in [0.25, 0.3) is 11.8 Å². The number of rotatable bonds is 8. The summed E-state index contributed by atoms with van der Waals surface area (Å²) in [5.74, 6) is 0.164. The van der Waals surface area contributed by atoms with Crippen molar-refractivity contribution in [1.82, 2.24) is 5.43 Å². The Morgan fingerprint density at radius 3 is 2.47 bits per heavy atom. The second kappa shape index (κ2) is 11.3. The van der Waals surface area contributed by atoms with Gasteiger partial charge in [-0.1, -0.05) is 37.6 Å². The monoisotopic (exact) mass is 479 g/mol. The van der Waals surface area contributed by atoms with Gasteiger partial charge in [-0.15, -0.1) is 0 Å². The molecule has 3 aromatic carbocycles. The van der Waals surface area contributed by atoms with E-state index in [1.165, 1.54) is 30.0 Å². The van der Waals surface area contributed by atoms with Gasteiger partial charge >= 0.3 is 0 Å². The highest BCUT2D eigenvalue weighted by atomic mass is 35.5. The number of carbonyl (C=O) groups is 2. The van der Waals surface area contributed by atoms with Gasteiger partial charge in [-0.25, -0.2) is 5.43 Å². The zero-order chi connectivity index (χ0) is 24.7. The molecule has 0 aromatic heterocycles. The van der Waals surface area contributed by atoms with Crippen LogP contribution in [0.4, 0.5) is 5.69 Å².